The minimum absolute atomic E-state index is 0.0718. The third kappa shape index (κ3) is 2.44. The van der Waals surface area contributed by atoms with Gasteiger partial charge in [0.1, 0.15) is 5.82 Å². The number of rotatable bonds is 2. The molecule has 0 N–H and O–H groups in total. The van der Waals surface area contributed by atoms with Crippen LogP contribution in [0, 0.1) is 17.1 Å². The second-order valence-electron chi connectivity index (χ2n) is 2.52. The van der Waals surface area contributed by atoms with Gasteiger partial charge in [0.15, 0.2) is 0 Å². The summed E-state index contributed by atoms with van der Waals surface area (Å²) < 4.78 is 34.7. The third-order valence-electron chi connectivity index (χ3n) is 1.55. The molecule has 0 spiro atoms. The summed E-state index contributed by atoms with van der Waals surface area (Å²) >= 11 is 0. The minimum atomic E-state index is -3.92. The van der Waals surface area contributed by atoms with E-state index in [1.807, 2.05) is 0 Å². The van der Waals surface area contributed by atoms with Crippen LogP contribution < -0.4 is 0 Å². The van der Waals surface area contributed by atoms with Crippen LogP contribution in [0.5, 0.6) is 0 Å². The van der Waals surface area contributed by atoms with E-state index in [4.69, 9.17) is 15.9 Å². The molecule has 0 bridgehead atoms. The lowest BCUT2D eigenvalue weighted by molar-refractivity contribution is 0.606. The van der Waals surface area contributed by atoms with Gasteiger partial charge in [-0.2, -0.15) is 5.26 Å². The average molecular weight is 234 g/mol. The molecule has 0 aliphatic heterocycles. The molecule has 0 radical (unpaired) electrons. The lowest BCUT2D eigenvalue weighted by Gasteiger charge is -2.02. The van der Waals surface area contributed by atoms with E-state index in [0.717, 1.165) is 18.2 Å². The maximum Gasteiger partial charge on any atom is 0.261 e. The first-order valence-corrected chi connectivity index (χ1v) is 5.86. The van der Waals surface area contributed by atoms with Crippen molar-refractivity contribution in [2.24, 2.45) is 0 Å². The Kier molecular flexibility index (Phi) is 3.09. The Morgan fingerprint density at radius 1 is 1.50 bits per heavy atom. The Morgan fingerprint density at radius 2 is 2.14 bits per heavy atom. The smallest absolute Gasteiger partial charge is 0.207 e. The van der Waals surface area contributed by atoms with Gasteiger partial charge in [0, 0.05) is 10.7 Å². The van der Waals surface area contributed by atoms with E-state index < -0.39 is 14.9 Å². The monoisotopic (exact) mass is 233 g/mol. The Hall–Kier alpha value is -1.12. The molecular formula is C8H5ClFNO2S. The summed E-state index contributed by atoms with van der Waals surface area (Å²) in [6, 6.07) is 4.75. The molecule has 0 atom stereocenters. The van der Waals surface area contributed by atoms with Crippen molar-refractivity contribution >= 4 is 19.7 Å². The lowest BCUT2D eigenvalue weighted by Crippen LogP contribution is -1.98. The molecule has 0 saturated heterocycles. The molecule has 0 heterocycles. The largest absolute Gasteiger partial charge is 0.261 e. The van der Waals surface area contributed by atoms with Gasteiger partial charge in [0.2, 0.25) is 0 Å². The SMILES string of the molecule is N#CCc1cc(F)ccc1S(=O)(=O)Cl. The number of benzene rings is 1. The van der Waals surface area contributed by atoms with Crippen molar-refractivity contribution in [3.63, 3.8) is 0 Å². The number of hydrogen-bond donors (Lipinski definition) is 0. The average Bonchev–Trinajstić information content (AvgIpc) is 2.02. The molecule has 74 valence electrons. The van der Waals surface area contributed by atoms with E-state index in [2.05, 4.69) is 0 Å². The first-order chi connectivity index (χ1) is 6.45. The first-order valence-electron chi connectivity index (χ1n) is 3.55. The van der Waals surface area contributed by atoms with Crippen molar-refractivity contribution < 1.29 is 12.8 Å². The van der Waals surface area contributed by atoms with Crippen LogP contribution in [-0.4, -0.2) is 8.42 Å². The van der Waals surface area contributed by atoms with Crippen molar-refractivity contribution in [2.75, 3.05) is 0 Å². The van der Waals surface area contributed by atoms with E-state index in [1.54, 1.807) is 6.07 Å². The molecule has 0 unspecified atom stereocenters. The molecule has 6 heteroatoms. The quantitative estimate of drug-likeness (QED) is 0.732. The van der Waals surface area contributed by atoms with E-state index >= 15 is 0 Å². The molecule has 0 aromatic heterocycles. The zero-order chi connectivity index (χ0) is 10.8. The molecule has 3 nitrogen and oxygen atoms in total. The number of nitrogens with zero attached hydrogens (tertiary/aromatic N) is 1. The Morgan fingerprint density at radius 3 is 2.64 bits per heavy atom. The molecule has 0 saturated carbocycles. The van der Waals surface area contributed by atoms with Gasteiger partial charge in [-0.05, 0) is 23.8 Å². The lowest BCUT2D eigenvalue weighted by atomic mass is 10.2. The molecule has 0 amide bonds. The van der Waals surface area contributed by atoms with Gasteiger partial charge in [-0.3, -0.25) is 0 Å². The van der Waals surface area contributed by atoms with Crippen molar-refractivity contribution in [1.29, 1.82) is 5.26 Å². The van der Waals surface area contributed by atoms with Gasteiger partial charge in [-0.25, -0.2) is 12.8 Å². The summed E-state index contributed by atoms with van der Waals surface area (Å²) in [6.07, 6.45) is -0.195. The molecular weight excluding hydrogens is 229 g/mol. The Labute approximate surface area is 85.2 Å². The molecule has 1 aromatic rings. The highest BCUT2D eigenvalue weighted by molar-refractivity contribution is 8.13. The van der Waals surface area contributed by atoms with E-state index in [-0.39, 0.29) is 16.9 Å². The molecule has 0 aliphatic carbocycles. The van der Waals surface area contributed by atoms with E-state index in [9.17, 15) is 12.8 Å². The van der Waals surface area contributed by atoms with Crippen LogP contribution >= 0.6 is 10.7 Å². The fourth-order valence-electron chi connectivity index (χ4n) is 1.01. The van der Waals surface area contributed by atoms with Crippen molar-refractivity contribution in [2.45, 2.75) is 11.3 Å². The van der Waals surface area contributed by atoms with Gasteiger partial charge >= 0.3 is 0 Å². The summed E-state index contributed by atoms with van der Waals surface area (Å²) in [5.41, 5.74) is 0.0718. The predicted octanol–water partition coefficient (Wildman–Crippen LogP) is 1.82. The maximum atomic E-state index is 12.7. The third-order valence-corrected chi connectivity index (χ3v) is 2.98. The van der Waals surface area contributed by atoms with E-state index in [0.29, 0.717) is 0 Å². The second-order valence-corrected chi connectivity index (χ2v) is 5.06. The van der Waals surface area contributed by atoms with Crippen molar-refractivity contribution in [1.82, 2.24) is 0 Å². The second kappa shape index (κ2) is 3.95. The van der Waals surface area contributed by atoms with Crippen molar-refractivity contribution in [3.8, 4) is 6.07 Å². The summed E-state index contributed by atoms with van der Waals surface area (Å²) in [4.78, 5) is -0.220. The zero-order valence-electron chi connectivity index (χ0n) is 6.87. The highest BCUT2D eigenvalue weighted by Gasteiger charge is 2.15. The fourth-order valence-corrected chi connectivity index (χ4v) is 2.14. The van der Waals surface area contributed by atoms with Gasteiger partial charge < -0.3 is 0 Å². The maximum absolute atomic E-state index is 12.7. The summed E-state index contributed by atoms with van der Waals surface area (Å²) in [6.45, 7) is 0. The normalized spacial score (nSPS) is 10.9. The Bertz CT molecular complexity index is 493. The van der Waals surface area contributed by atoms with Gasteiger partial charge in [-0.15, -0.1) is 0 Å². The molecule has 1 rings (SSSR count). The topological polar surface area (TPSA) is 57.9 Å². The predicted molar refractivity (Wildman–Crippen MR) is 48.8 cm³/mol. The van der Waals surface area contributed by atoms with E-state index in [1.165, 1.54) is 0 Å². The number of nitriles is 1. The Balaban J connectivity index is 3.38. The van der Waals surface area contributed by atoms with Gasteiger partial charge in [-0.1, -0.05) is 0 Å². The highest BCUT2D eigenvalue weighted by Crippen LogP contribution is 2.21. The molecule has 0 aliphatic rings. The minimum Gasteiger partial charge on any atom is -0.207 e. The number of halogens is 2. The number of hydrogen-bond acceptors (Lipinski definition) is 3. The van der Waals surface area contributed by atoms with Crippen LogP contribution in [0.15, 0.2) is 23.1 Å². The van der Waals surface area contributed by atoms with Gasteiger partial charge in [0.25, 0.3) is 9.05 Å². The molecule has 14 heavy (non-hydrogen) atoms. The highest BCUT2D eigenvalue weighted by atomic mass is 35.7. The summed E-state index contributed by atoms with van der Waals surface area (Å²) in [5.74, 6) is -0.598. The van der Waals surface area contributed by atoms with Crippen LogP contribution in [0.2, 0.25) is 0 Å². The van der Waals surface area contributed by atoms with Crippen molar-refractivity contribution in [3.05, 3.63) is 29.6 Å². The zero-order valence-corrected chi connectivity index (χ0v) is 8.44. The van der Waals surface area contributed by atoms with Crippen LogP contribution in [0.25, 0.3) is 0 Å². The first kappa shape index (κ1) is 11.0. The summed E-state index contributed by atoms with van der Waals surface area (Å²) in [5, 5.41) is 8.39. The molecule has 1 aromatic carbocycles. The van der Waals surface area contributed by atoms with Crippen LogP contribution in [0.1, 0.15) is 5.56 Å². The molecule has 0 fully saturated rings. The summed E-state index contributed by atoms with van der Waals surface area (Å²) in [7, 11) is 1.17. The van der Waals surface area contributed by atoms with Gasteiger partial charge in [0.05, 0.1) is 17.4 Å². The van der Waals surface area contributed by atoms with Crippen LogP contribution in [-0.2, 0) is 15.5 Å². The standard InChI is InChI=1S/C8H5ClFNO2S/c9-14(12,13)8-2-1-7(10)5-6(8)3-4-11/h1-2,5H,3H2. The van der Waals surface area contributed by atoms with Crippen LogP contribution in [0.4, 0.5) is 4.39 Å². The fraction of sp³-hybridized carbons (Fsp3) is 0.125. The van der Waals surface area contributed by atoms with Crippen LogP contribution in [0.3, 0.4) is 0 Å².